The van der Waals surface area contributed by atoms with E-state index < -0.39 is 0 Å². The maximum atomic E-state index is 2.51. The van der Waals surface area contributed by atoms with Gasteiger partial charge in [0.05, 0.1) is 0 Å². The maximum absolute atomic E-state index is 2.51. The third kappa shape index (κ3) is 8.12. The minimum atomic E-state index is 0.428. The normalized spacial score (nSPS) is 12.1. The van der Waals surface area contributed by atoms with E-state index in [0.717, 1.165) is 5.75 Å². The van der Waals surface area contributed by atoms with Crippen LogP contribution in [0, 0.1) is 0 Å². The Balaban J connectivity index is 2.08. The van der Waals surface area contributed by atoms with E-state index in [1.807, 2.05) is 21.6 Å². The second-order valence-corrected chi connectivity index (χ2v) is 16.9. The van der Waals surface area contributed by atoms with Crippen molar-refractivity contribution in [2.75, 3.05) is 0 Å². The van der Waals surface area contributed by atoms with Gasteiger partial charge in [0.25, 0.3) is 0 Å². The van der Waals surface area contributed by atoms with Crippen molar-refractivity contribution in [3.8, 4) is 22.3 Å². The molecule has 0 heterocycles. The Morgan fingerprint density at radius 2 is 0.822 bits per heavy atom. The summed E-state index contributed by atoms with van der Waals surface area (Å²) in [6, 6.07) is 28.1. The summed E-state index contributed by atoms with van der Waals surface area (Å²) in [7, 11) is 3.94. The first kappa shape index (κ1) is 35.4. The van der Waals surface area contributed by atoms with Gasteiger partial charge in [0.1, 0.15) is 0 Å². The molecule has 45 heavy (non-hydrogen) atoms. The Kier molecular flexibility index (Phi) is 12.2. The molecule has 4 rings (SSSR count). The first-order valence-corrected chi connectivity index (χ1v) is 19.5. The van der Waals surface area contributed by atoms with Gasteiger partial charge in [-0.25, -0.2) is 0 Å². The SMILES string of the molecule is CC(C)c1cc(C(C)C)c(-c2cccc(-c3c(C(C)C)cc(C(C)C)cc3C(C)C)c2SSCc2ccccc2)c(C(C)C)c1. The third-order valence-corrected chi connectivity index (χ3v) is 11.4. The molecule has 2 heteroatoms. The van der Waals surface area contributed by atoms with E-state index in [-0.39, 0.29) is 0 Å². The molecule has 0 saturated heterocycles. The summed E-state index contributed by atoms with van der Waals surface area (Å²) in [6.45, 7) is 28.2. The molecule has 0 unspecified atom stereocenters. The molecular weight excluding hydrogens is 581 g/mol. The molecule has 0 amide bonds. The van der Waals surface area contributed by atoms with Crippen molar-refractivity contribution in [3.05, 3.63) is 112 Å². The molecule has 0 aliphatic heterocycles. The van der Waals surface area contributed by atoms with Gasteiger partial charge < -0.3 is 0 Å². The van der Waals surface area contributed by atoms with E-state index >= 15 is 0 Å². The fraction of sp³-hybridized carbons (Fsp3) is 0.442. The minimum absolute atomic E-state index is 0.428. The van der Waals surface area contributed by atoms with Gasteiger partial charge in [0.2, 0.25) is 0 Å². The zero-order valence-corrected chi connectivity index (χ0v) is 31.5. The Morgan fingerprint density at radius 1 is 0.444 bits per heavy atom. The highest BCUT2D eigenvalue weighted by molar-refractivity contribution is 8.76. The van der Waals surface area contributed by atoms with Gasteiger partial charge in [-0.1, -0.05) is 177 Å². The van der Waals surface area contributed by atoms with Crippen molar-refractivity contribution in [1.82, 2.24) is 0 Å². The van der Waals surface area contributed by atoms with Crippen molar-refractivity contribution in [2.24, 2.45) is 0 Å². The quantitative estimate of drug-likeness (QED) is 0.142. The summed E-state index contributed by atoms with van der Waals surface area (Å²) in [5.41, 5.74) is 15.8. The van der Waals surface area contributed by atoms with Crippen LogP contribution in [-0.4, -0.2) is 0 Å². The molecule has 0 aliphatic rings. The lowest BCUT2D eigenvalue weighted by Crippen LogP contribution is -2.06. The molecule has 0 aromatic heterocycles. The summed E-state index contributed by atoms with van der Waals surface area (Å²) in [4.78, 5) is 1.40. The second kappa shape index (κ2) is 15.4. The predicted octanol–water partition coefficient (Wildman–Crippen LogP) is 14.7. The first-order chi connectivity index (χ1) is 21.3. The molecule has 0 aliphatic carbocycles. The largest absolute Gasteiger partial charge is 0.0841 e. The van der Waals surface area contributed by atoms with Crippen LogP contribution in [0.15, 0.2) is 77.7 Å². The molecule has 4 aromatic rings. The molecule has 4 aromatic carbocycles. The van der Waals surface area contributed by atoms with Crippen molar-refractivity contribution >= 4 is 21.6 Å². The van der Waals surface area contributed by atoms with Gasteiger partial charge in [-0.05, 0) is 96.7 Å². The summed E-state index contributed by atoms with van der Waals surface area (Å²) < 4.78 is 0. The maximum Gasteiger partial charge on any atom is 0.0340 e. The summed E-state index contributed by atoms with van der Waals surface area (Å²) in [5, 5.41) is 0. The fourth-order valence-electron chi connectivity index (χ4n) is 6.28. The number of hydrogen-bond acceptors (Lipinski definition) is 2. The molecular formula is C43H56S2. The average molecular weight is 637 g/mol. The minimum Gasteiger partial charge on any atom is -0.0841 e. The first-order valence-electron chi connectivity index (χ1n) is 17.1. The van der Waals surface area contributed by atoms with Crippen LogP contribution in [0.5, 0.6) is 0 Å². The van der Waals surface area contributed by atoms with E-state index in [0.29, 0.717) is 35.5 Å². The van der Waals surface area contributed by atoms with Crippen LogP contribution in [0.3, 0.4) is 0 Å². The lowest BCUT2D eigenvalue weighted by atomic mass is 9.79. The lowest BCUT2D eigenvalue weighted by molar-refractivity contribution is 0.806. The van der Waals surface area contributed by atoms with Gasteiger partial charge in [-0.2, -0.15) is 0 Å². The molecule has 0 saturated carbocycles. The average Bonchev–Trinajstić information content (AvgIpc) is 3.00. The van der Waals surface area contributed by atoms with E-state index in [1.165, 1.54) is 66.1 Å². The molecule has 0 bridgehead atoms. The number of benzene rings is 4. The van der Waals surface area contributed by atoms with E-state index in [9.17, 15) is 0 Å². The molecule has 0 atom stereocenters. The highest BCUT2D eigenvalue weighted by atomic mass is 33.1. The molecule has 0 N–H and O–H groups in total. The standard InChI is InChI=1S/C43H56S2/c1-26(2)33-21-37(28(5)6)41(38(22-33)29(7)8)35-19-16-20-36(43(35)45-44-25-32-17-14-13-15-18-32)42-39(30(9)10)23-34(27(3)4)24-40(42)31(11)12/h13-24,26-31H,25H2,1-12H3. The monoisotopic (exact) mass is 636 g/mol. The van der Waals surface area contributed by atoms with Crippen molar-refractivity contribution in [2.45, 2.75) is 129 Å². The van der Waals surface area contributed by atoms with Gasteiger partial charge >= 0.3 is 0 Å². The smallest absolute Gasteiger partial charge is 0.0340 e. The summed E-state index contributed by atoms with van der Waals surface area (Å²) in [5.74, 6) is 3.68. The highest BCUT2D eigenvalue weighted by Crippen LogP contribution is 2.51. The van der Waals surface area contributed by atoms with E-state index in [4.69, 9.17) is 0 Å². The van der Waals surface area contributed by atoms with E-state index in [2.05, 4.69) is 156 Å². The molecule has 0 fully saturated rings. The zero-order valence-electron chi connectivity index (χ0n) is 29.9. The van der Waals surface area contributed by atoms with Crippen LogP contribution in [0.1, 0.15) is 158 Å². The molecule has 0 nitrogen and oxygen atoms in total. The number of rotatable bonds is 12. The zero-order chi connectivity index (χ0) is 33.0. The predicted molar refractivity (Wildman–Crippen MR) is 205 cm³/mol. The van der Waals surface area contributed by atoms with Crippen LogP contribution in [0.4, 0.5) is 0 Å². The Bertz CT molecular complexity index is 1420. The van der Waals surface area contributed by atoms with Crippen LogP contribution in [0.2, 0.25) is 0 Å². The van der Waals surface area contributed by atoms with Gasteiger partial charge in [0.15, 0.2) is 0 Å². The van der Waals surface area contributed by atoms with Crippen LogP contribution in [-0.2, 0) is 5.75 Å². The van der Waals surface area contributed by atoms with Gasteiger partial charge in [-0.15, -0.1) is 0 Å². The van der Waals surface area contributed by atoms with Gasteiger partial charge in [0, 0.05) is 10.6 Å². The topological polar surface area (TPSA) is 0 Å². The summed E-state index contributed by atoms with van der Waals surface area (Å²) in [6.07, 6.45) is 0. The molecule has 0 spiro atoms. The third-order valence-electron chi connectivity index (χ3n) is 9.03. The number of hydrogen-bond donors (Lipinski definition) is 0. The fourth-order valence-corrected chi connectivity index (χ4v) is 8.79. The Morgan fingerprint density at radius 3 is 1.16 bits per heavy atom. The Labute approximate surface area is 283 Å². The van der Waals surface area contributed by atoms with Crippen LogP contribution < -0.4 is 0 Å². The summed E-state index contributed by atoms with van der Waals surface area (Å²) >= 11 is 0. The van der Waals surface area contributed by atoms with Crippen molar-refractivity contribution in [3.63, 3.8) is 0 Å². The van der Waals surface area contributed by atoms with Gasteiger partial charge in [-0.3, -0.25) is 0 Å². The van der Waals surface area contributed by atoms with E-state index in [1.54, 1.807) is 0 Å². The van der Waals surface area contributed by atoms with Crippen LogP contribution in [0.25, 0.3) is 22.3 Å². The highest BCUT2D eigenvalue weighted by Gasteiger charge is 2.26. The lowest BCUT2D eigenvalue weighted by Gasteiger charge is -2.28. The van der Waals surface area contributed by atoms with Crippen molar-refractivity contribution < 1.29 is 0 Å². The molecule has 240 valence electrons. The molecule has 0 radical (unpaired) electrons. The second-order valence-electron chi connectivity index (χ2n) is 14.6. The van der Waals surface area contributed by atoms with Crippen molar-refractivity contribution in [1.29, 1.82) is 0 Å². The van der Waals surface area contributed by atoms with Crippen LogP contribution >= 0.6 is 21.6 Å². The Hall–Kier alpha value is -2.42.